The molecule has 1 aliphatic heterocycles. The van der Waals surface area contributed by atoms with Crippen molar-refractivity contribution in [2.24, 2.45) is 0 Å². The molecule has 1 aliphatic rings. The molecule has 0 radical (unpaired) electrons. The van der Waals surface area contributed by atoms with Crippen LogP contribution in [-0.2, 0) is 11.3 Å². The number of carbonyl (C=O) groups excluding carboxylic acids is 1. The summed E-state index contributed by atoms with van der Waals surface area (Å²) in [4.78, 5) is 16.6. The predicted octanol–water partition coefficient (Wildman–Crippen LogP) is 4.35. The third-order valence-corrected chi connectivity index (χ3v) is 5.13. The maximum absolute atomic E-state index is 11.7. The number of esters is 1. The van der Waals surface area contributed by atoms with Crippen LogP contribution in [-0.4, -0.2) is 55.1 Å². The maximum atomic E-state index is 11.7. The molecule has 0 spiro atoms. The first-order valence-corrected chi connectivity index (χ1v) is 10.1. The number of nitrogens with zero attached hydrogens (tertiary/aromatic N) is 2. The second-order valence-corrected chi connectivity index (χ2v) is 7.38. The highest BCUT2D eigenvalue weighted by Gasteiger charge is 2.16. The third-order valence-electron chi connectivity index (χ3n) is 4.88. The van der Waals surface area contributed by atoms with Crippen LogP contribution in [0.25, 0.3) is 6.08 Å². The highest BCUT2D eigenvalue weighted by Crippen LogP contribution is 2.13. The Kier molecular flexibility index (Phi) is 7.66. The SMILES string of the molecule is CCOC(=O)c1ccc(CN2CCN(C/C=C/c3ccc(Cl)cc3)CC2)cc1. The van der Waals surface area contributed by atoms with Crippen molar-refractivity contribution in [2.75, 3.05) is 39.3 Å². The standard InChI is InChI=1S/C23H27ClN2O2/c1-2-28-23(27)21-9-5-20(6-10-21)18-26-16-14-25(15-17-26)13-3-4-19-7-11-22(24)12-8-19/h3-12H,2,13-18H2,1H3/b4-3+. The van der Waals surface area contributed by atoms with E-state index in [4.69, 9.17) is 16.3 Å². The van der Waals surface area contributed by atoms with E-state index in [1.54, 1.807) is 0 Å². The molecule has 0 unspecified atom stereocenters. The molecule has 0 saturated carbocycles. The summed E-state index contributed by atoms with van der Waals surface area (Å²) >= 11 is 5.92. The van der Waals surface area contributed by atoms with Gasteiger partial charge < -0.3 is 4.74 Å². The molecule has 2 aromatic rings. The molecule has 4 nitrogen and oxygen atoms in total. The summed E-state index contributed by atoms with van der Waals surface area (Å²) in [5.74, 6) is -0.255. The molecule has 3 rings (SSSR count). The van der Waals surface area contributed by atoms with Gasteiger partial charge in [-0.3, -0.25) is 9.80 Å². The lowest BCUT2D eigenvalue weighted by Crippen LogP contribution is -2.45. The monoisotopic (exact) mass is 398 g/mol. The van der Waals surface area contributed by atoms with Gasteiger partial charge in [0, 0.05) is 44.3 Å². The smallest absolute Gasteiger partial charge is 0.338 e. The van der Waals surface area contributed by atoms with Crippen LogP contribution in [0.1, 0.15) is 28.4 Å². The van der Waals surface area contributed by atoms with Gasteiger partial charge in [0.1, 0.15) is 0 Å². The van der Waals surface area contributed by atoms with Gasteiger partial charge in [0.05, 0.1) is 12.2 Å². The number of piperazine rings is 1. The van der Waals surface area contributed by atoms with E-state index in [9.17, 15) is 4.79 Å². The van der Waals surface area contributed by atoms with Crippen molar-refractivity contribution in [1.82, 2.24) is 9.80 Å². The maximum Gasteiger partial charge on any atom is 0.338 e. The van der Waals surface area contributed by atoms with Gasteiger partial charge in [-0.15, -0.1) is 0 Å². The molecule has 1 heterocycles. The summed E-state index contributed by atoms with van der Waals surface area (Å²) in [6.07, 6.45) is 4.36. The molecule has 148 valence electrons. The van der Waals surface area contributed by atoms with Gasteiger partial charge in [-0.2, -0.15) is 0 Å². The zero-order valence-electron chi connectivity index (χ0n) is 16.3. The summed E-state index contributed by atoms with van der Waals surface area (Å²) in [5, 5.41) is 0.767. The first kappa shape index (κ1) is 20.6. The van der Waals surface area contributed by atoms with Gasteiger partial charge in [0.25, 0.3) is 0 Å². The van der Waals surface area contributed by atoms with Gasteiger partial charge >= 0.3 is 5.97 Å². The Morgan fingerprint density at radius 2 is 1.64 bits per heavy atom. The van der Waals surface area contributed by atoms with Gasteiger partial charge in [-0.25, -0.2) is 4.79 Å². The van der Waals surface area contributed by atoms with Crippen LogP contribution in [0.3, 0.4) is 0 Å². The number of carbonyl (C=O) groups is 1. The summed E-state index contributed by atoms with van der Waals surface area (Å²) < 4.78 is 5.03. The lowest BCUT2D eigenvalue weighted by atomic mass is 10.1. The fourth-order valence-corrected chi connectivity index (χ4v) is 3.39. The van der Waals surface area contributed by atoms with Gasteiger partial charge in [0.2, 0.25) is 0 Å². The van der Waals surface area contributed by atoms with E-state index in [0.29, 0.717) is 12.2 Å². The van der Waals surface area contributed by atoms with E-state index >= 15 is 0 Å². The van der Waals surface area contributed by atoms with E-state index in [2.05, 4.69) is 22.0 Å². The van der Waals surface area contributed by atoms with Gasteiger partial charge in [-0.05, 0) is 42.3 Å². The zero-order chi connectivity index (χ0) is 19.8. The molecule has 0 N–H and O–H groups in total. The van der Waals surface area contributed by atoms with Crippen molar-refractivity contribution in [1.29, 1.82) is 0 Å². The Hall–Kier alpha value is -2.14. The van der Waals surface area contributed by atoms with E-state index in [0.717, 1.165) is 44.3 Å². The average Bonchev–Trinajstić information content (AvgIpc) is 2.71. The van der Waals surface area contributed by atoms with E-state index in [1.807, 2.05) is 55.5 Å². The van der Waals surface area contributed by atoms with Crippen molar-refractivity contribution in [2.45, 2.75) is 13.5 Å². The lowest BCUT2D eigenvalue weighted by Gasteiger charge is -2.34. The Morgan fingerprint density at radius 3 is 2.29 bits per heavy atom. The highest BCUT2D eigenvalue weighted by atomic mass is 35.5. The molecule has 1 saturated heterocycles. The number of benzene rings is 2. The largest absolute Gasteiger partial charge is 0.462 e. The Labute approximate surface area is 172 Å². The number of hydrogen-bond donors (Lipinski definition) is 0. The number of rotatable bonds is 7. The molecule has 2 aromatic carbocycles. The summed E-state index contributed by atoms with van der Waals surface area (Å²) in [7, 11) is 0. The molecule has 1 fully saturated rings. The minimum atomic E-state index is -0.255. The van der Waals surface area contributed by atoms with Crippen molar-refractivity contribution < 1.29 is 9.53 Å². The average molecular weight is 399 g/mol. The van der Waals surface area contributed by atoms with E-state index in [-0.39, 0.29) is 5.97 Å². The van der Waals surface area contributed by atoms with Crippen LogP contribution < -0.4 is 0 Å². The van der Waals surface area contributed by atoms with E-state index < -0.39 is 0 Å². The van der Waals surface area contributed by atoms with Gasteiger partial charge in [-0.1, -0.05) is 48.0 Å². The lowest BCUT2D eigenvalue weighted by molar-refractivity contribution is 0.0526. The minimum absolute atomic E-state index is 0.255. The number of ether oxygens (including phenoxy) is 1. The van der Waals surface area contributed by atoms with Crippen LogP contribution in [0.2, 0.25) is 5.02 Å². The number of hydrogen-bond acceptors (Lipinski definition) is 4. The summed E-state index contributed by atoms with van der Waals surface area (Å²) in [5.41, 5.74) is 3.02. The van der Waals surface area contributed by atoms with Crippen molar-refractivity contribution in [3.63, 3.8) is 0 Å². The third kappa shape index (κ3) is 6.20. The van der Waals surface area contributed by atoms with Crippen molar-refractivity contribution in [3.8, 4) is 0 Å². The Balaban J connectivity index is 1.41. The summed E-state index contributed by atoms with van der Waals surface area (Å²) in [6.45, 7) is 8.32. The summed E-state index contributed by atoms with van der Waals surface area (Å²) in [6, 6.07) is 15.6. The second-order valence-electron chi connectivity index (χ2n) is 6.95. The molecule has 0 atom stereocenters. The van der Waals surface area contributed by atoms with Crippen LogP contribution in [0.4, 0.5) is 0 Å². The fourth-order valence-electron chi connectivity index (χ4n) is 3.26. The fraction of sp³-hybridized carbons (Fsp3) is 0.348. The molecular formula is C23H27ClN2O2. The van der Waals surface area contributed by atoms with Crippen molar-refractivity contribution >= 4 is 23.6 Å². The van der Waals surface area contributed by atoms with Crippen LogP contribution in [0.5, 0.6) is 0 Å². The van der Waals surface area contributed by atoms with E-state index in [1.165, 1.54) is 11.1 Å². The van der Waals surface area contributed by atoms with Crippen molar-refractivity contribution in [3.05, 3.63) is 76.3 Å². The first-order chi connectivity index (χ1) is 13.6. The molecule has 0 bridgehead atoms. The highest BCUT2D eigenvalue weighted by molar-refractivity contribution is 6.30. The number of halogens is 1. The first-order valence-electron chi connectivity index (χ1n) is 9.77. The molecule has 0 aromatic heterocycles. The normalized spacial score (nSPS) is 15.8. The molecule has 0 aliphatic carbocycles. The van der Waals surface area contributed by atoms with Crippen LogP contribution in [0, 0.1) is 0 Å². The Bertz CT molecular complexity index is 779. The van der Waals surface area contributed by atoms with Gasteiger partial charge in [0.15, 0.2) is 0 Å². The zero-order valence-corrected chi connectivity index (χ0v) is 17.1. The van der Waals surface area contributed by atoms with Crippen LogP contribution in [0.15, 0.2) is 54.6 Å². The van der Waals surface area contributed by atoms with Crippen LogP contribution >= 0.6 is 11.6 Å². The Morgan fingerprint density at radius 1 is 1.00 bits per heavy atom. The quantitative estimate of drug-likeness (QED) is 0.649. The minimum Gasteiger partial charge on any atom is -0.462 e. The molecule has 28 heavy (non-hydrogen) atoms. The topological polar surface area (TPSA) is 32.8 Å². The second kappa shape index (κ2) is 10.4. The molecule has 5 heteroatoms. The molecular weight excluding hydrogens is 372 g/mol. The molecule has 0 amide bonds. The predicted molar refractivity (Wildman–Crippen MR) is 115 cm³/mol.